The van der Waals surface area contributed by atoms with Crippen LogP contribution in [0.3, 0.4) is 0 Å². The highest BCUT2D eigenvalue weighted by molar-refractivity contribution is 6.23. The van der Waals surface area contributed by atoms with Gasteiger partial charge in [-0.3, -0.25) is 0 Å². The number of carbonyl (C=O) groups is 1. The van der Waals surface area contributed by atoms with E-state index in [2.05, 4.69) is 5.16 Å². The largest absolute Gasteiger partial charge is 0.371 e. The molecule has 1 atom stereocenters. The van der Waals surface area contributed by atoms with Crippen LogP contribution in [0, 0.1) is 0 Å². The summed E-state index contributed by atoms with van der Waals surface area (Å²) in [6.07, 6.45) is -0.924. The van der Waals surface area contributed by atoms with E-state index in [1.165, 1.54) is 4.90 Å². The minimum atomic E-state index is -0.924. The Morgan fingerprint density at radius 2 is 2.29 bits per heavy atom. The zero-order valence-electron chi connectivity index (χ0n) is 9.85. The number of anilines is 1. The lowest BCUT2D eigenvalue weighted by Gasteiger charge is -2.14. The summed E-state index contributed by atoms with van der Waals surface area (Å²) in [5.41, 5.74) is 0.517. The first kappa shape index (κ1) is 12.2. The van der Waals surface area contributed by atoms with Crippen LogP contribution in [0.25, 0.3) is 0 Å². The number of alkyl halides is 1. The van der Waals surface area contributed by atoms with Crippen molar-refractivity contribution in [1.82, 2.24) is 10.1 Å². The molecule has 1 aromatic rings. The quantitative estimate of drug-likeness (QED) is 0.814. The number of nitrogens with zero attached hydrogens (tertiary/aromatic N) is 3. The molecule has 0 aliphatic carbocycles. The van der Waals surface area contributed by atoms with Crippen molar-refractivity contribution in [2.24, 2.45) is 0 Å². The predicted octanol–water partition coefficient (Wildman–Crippen LogP) is 1.34. The lowest BCUT2D eigenvalue weighted by Crippen LogP contribution is -2.33. The van der Waals surface area contributed by atoms with Gasteiger partial charge in [-0.15, -0.1) is 11.6 Å². The molecule has 0 radical (unpaired) electrons. The van der Waals surface area contributed by atoms with E-state index in [4.69, 9.17) is 16.1 Å². The molecule has 1 aliphatic rings. The molecule has 6 nitrogen and oxygen atoms in total. The first-order valence-electron chi connectivity index (χ1n) is 5.19. The number of likely N-dealkylation sites (N-methyl/N-ethyl adjacent to an activating group) is 1. The zero-order valence-corrected chi connectivity index (χ0v) is 10.6. The standard InChI is InChI=1S/C10H14ClN3O3/c1-10(2,11)6-4-8(17-12-6)14-7(15)5-13(3)9(14)16/h4,7,15H,5H2,1-3H3. The summed E-state index contributed by atoms with van der Waals surface area (Å²) in [5, 5.41) is 13.5. The molecule has 2 rings (SSSR count). The second kappa shape index (κ2) is 3.89. The van der Waals surface area contributed by atoms with Crippen LogP contribution in [0.5, 0.6) is 0 Å². The summed E-state index contributed by atoms with van der Waals surface area (Å²) in [6, 6.07) is 1.24. The van der Waals surface area contributed by atoms with Crippen LogP contribution in [-0.2, 0) is 4.87 Å². The van der Waals surface area contributed by atoms with E-state index in [0.29, 0.717) is 5.69 Å². The molecule has 0 saturated carbocycles. The minimum absolute atomic E-state index is 0.204. The fourth-order valence-corrected chi connectivity index (χ4v) is 1.71. The number of rotatable bonds is 2. The van der Waals surface area contributed by atoms with E-state index in [1.54, 1.807) is 27.0 Å². The first-order chi connectivity index (χ1) is 7.80. The van der Waals surface area contributed by atoms with Crippen molar-refractivity contribution in [2.75, 3.05) is 18.5 Å². The van der Waals surface area contributed by atoms with Gasteiger partial charge in [0, 0.05) is 13.1 Å². The predicted molar refractivity (Wildman–Crippen MR) is 61.9 cm³/mol. The topological polar surface area (TPSA) is 69.8 Å². The Kier molecular flexibility index (Phi) is 2.79. The van der Waals surface area contributed by atoms with Gasteiger partial charge in [0.05, 0.1) is 11.4 Å². The summed E-state index contributed by atoms with van der Waals surface area (Å²) in [6.45, 7) is 3.77. The lowest BCUT2D eigenvalue weighted by atomic mass is 10.1. The monoisotopic (exact) mass is 259 g/mol. The molecule has 17 heavy (non-hydrogen) atoms. The van der Waals surface area contributed by atoms with Crippen LogP contribution in [0.2, 0.25) is 0 Å². The summed E-state index contributed by atoms with van der Waals surface area (Å²) < 4.78 is 5.05. The second-order valence-electron chi connectivity index (χ2n) is 4.54. The van der Waals surface area contributed by atoms with Gasteiger partial charge in [0.1, 0.15) is 5.69 Å². The van der Waals surface area contributed by atoms with E-state index in [1.807, 2.05) is 0 Å². The van der Waals surface area contributed by atoms with Gasteiger partial charge >= 0.3 is 6.03 Å². The van der Waals surface area contributed by atoms with Crippen LogP contribution >= 0.6 is 11.6 Å². The molecule has 1 fully saturated rings. The van der Waals surface area contributed by atoms with Crippen molar-refractivity contribution < 1.29 is 14.4 Å². The lowest BCUT2D eigenvalue weighted by molar-refractivity contribution is 0.179. The number of halogens is 1. The van der Waals surface area contributed by atoms with Gasteiger partial charge in [0.25, 0.3) is 0 Å². The number of hydrogen-bond donors (Lipinski definition) is 1. The molecular formula is C10H14ClN3O3. The highest BCUT2D eigenvalue weighted by atomic mass is 35.5. The highest BCUT2D eigenvalue weighted by Gasteiger charge is 2.38. The van der Waals surface area contributed by atoms with Gasteiger partial charge < -0.3 is 14.5 Å². The molecule has 1 aliphatic heterocycles. The number of urea groups is 1. The summed E-state index contributed by atoms with van der Waals surface area (Å²) >= 11 is 6.08. The molecule has 0 aromatic carbocycles. The van der Waals surface area contributed by atoms with E-state index in [0.717, 1.165) is 4.90 Å². The third kappa shape index (κ3) is 2.10. The zero-order chi connectivity index (χ0) is 12.8. The molecule has 1 N–H and O–H groups in total. The highest BCUT2D eigenvalue weighted by Crippen LogP contribution is 2.31. The van der Waals surface area contributed by atoms with Crippen LogP contribution in [0.1, 0.15) is 19.5 Å². The number of aliphatic hydroxyl groups is 1. The normalized spacial score (nSPS) is 21.5. The van der Waals surface area contributed by atoms with Crippen LogP contribution in [0.4, 0.5) is 10.7 Å². The smallest absolute Gasteiger partial charge is 0.329 e. The Hall–Kier alpha value is -1.27. The number of hydrogen-bond acceptors (Lipinski definition) is 4. The maximum atomic E-state index is 11.7. The number of carbonyl (C=O) groups excluding carboxylic acids is 1. The number of aromatic nitrogens is 1. The van der Waals surface area contributed by atoms with E-state index in [9.17, 15) is 9.90 Å². The summed E-state index contributed by atoms with van der Waals surface area (Å²) in [5.74, 6) is 0.204. The Labute approximate surface area is 104 Å². The van der Waals surface area contributed by atoms with Gasteiger partial charge in [0.15, 0.2) is 6.23 Å². The molecule has 7 heteroatoms. The maximum Gasteiger partial charge on any atom is 0.329 e. The van der Waals surface area contributed by atoms with Crippen molar-refractivity contribution in [3.63, 3.8) is 0 Å². The third-order valence-corrected chi connectivity index (χ3v) is 2.81. The number of amides is 2. The first-order valence-corrected chi connectivity index (χ1v) is 5.57. The molecule has 0 spiro atoms. The van der Waals surface area contributed by atoms with Crippen molar-refractivity contribution in [2.45, 2.75) is 24.9 Å². The number of β-amino-alcohol motifs (C(OH)–C–C–N with tert-alkyl or cyclic N) is 1. The summed E-state index contributed by atoms with van der Waals surface area (Å²) in [7, 11) is 1.61. The van der Waals surface area contributed by atoms with E-state index < -0.39 is 11.1 Å². The van der Waals surface area contributed by atoms with Crippen molar-refractivity contribution in [1.29, 1.82) is 0 Å². The molecular weight excluding hydrogens is 246 g/mol. The average molecular weight is 260 g/mol. The molecule has 2 amide bonds. The Morgan fingerprint density at radius 1 is 1.65 bits per heavy atom. The second-order valence-corrected chi connectivity index (χ2v) is 5.48. The summed E-state index contributed by atoms with van der Waals surface area (Å²) in [4.78, 5) is 13.6. The van der Waals surface area contributed by atoms with E-state index >= 15 is 0 Å². The van der Waals surface area contributed by atoms with Gasteiger partial charge in [-0.2, -0.15) is 0 Å². The molecule has 1 unspecified atom stereocenters. The van der Waals surface area contributed by atoms with Gasteiger partial charge in [-0.1, -0.05) is 5.16 Å². The Bertz CT molecular complexity index is 440. The van der Waals surface area contributed by atoms with Crippen molar-refractivity contribution in [3.8, 4) is 0 Å². The maximum absolute atomic E-state index is 11.7. The average Bonchev–Trinajstić information content (AvgIpc) is 2.73. The van der Waals surface area contributed by atoms with Crippen LogP contribution < -0.4 is 4.90 Å². The van der Waals surface area contributed by atoms with E-state index in [-0.39, 0.29) is 18.5 Å². The number of aliphatic hydroxyl groups excluding tert-OH is 1. The minimum Gasteiger partial charge on any atom is -0.371 e. The van der Waals surface area contributed by atoms with Crippen LogP contribution in [0.15, 0.2) is 10.6 Å². The van der Waals surface area contributed by atoms with Crippen molar-refractivity contribution >= 4 is 23.5 Å². The molecule has 2 heterocycles. The van der Waals surface area contributed by atoms with Gasteiger partial charge in [0.2, 0.25) is 5.88 Å². The fraction of sp³-hybridized carbons (Fsp3) is 0.600. The van der Waals surface area contributed by atoms with Crippen molar-refractivity contribution in [3.05, 3.63) is 11.8 Å². The SMILES string of the molecule is CN1CC(O)N(c2cc(C(C)(C)Cl)no2)C1=O. The van der Waals surface area contributed by atoms with Gasteiger partial charge in [-0.25, -0.2) is 9.69 Å². The van der Waals surface area contributed by atoms with Crippen LogP contribution in [-0.4, -0.2) is 41.0 Å². The molecule has 0 bridgehead atoms. The fourth-order valence-electron chi connectivity index (χ4n) is 1.62. The molecule has 1 saturated heterocycles. The third-order valence-electron chi connectivity index (χ3n) is 2.61. The Morgan fingerprint density at radius 3 is 2.71 bits per heavy atom. The molecule has 1 aromatic heterocycles. The molecule has 94 valence electrons. The Balaban J connectivity index is 2.29. The van der Waals surface area contributed by atoms with Gasteiger partial charge in [-0.05, 0) is 13.8 Å².